The summed E-state index contributed by atoms with van der Waals surface area (Å²) in [6.45, 7) is 0. The van der Waals surface area contributed by atoms with E-state index in [4.69, 9.17) is 23.2 Å². The van der Waals surface area contributed by atoms with Gasteiger partial charge in [0, 0.05) is 28.3 Å². The number of carbonyl (C=O) groups is 1. The molecule has 2 aromatic rings. The molecule has 1 heterocycles. The molecule has 104 valence electrons. The lowest BCUT2D eigenvalue weighted by atomic mass is 10.4. The molecule has 20 heavy (non-hydrogen) atoms. The molecule has 2 rings (SSSR count). The number of aromatic nitrogens is 1. The summed E-state index contributed by atoms with van der Waals surface area (Å²) in [6.07, 6.45) is 1.91. The van der Waals surface area contributed by atoms with Crippen LogP contribution in [0.15, 0.2) is 47.5 Å². The van der Waals surface area contributed by atoms with Gasteiger partial charge in [-0.3, -0.25) is 4.79 Å². The zero-order chi connectivity index (χ0) is 14.4. The lowest BCUT2D eigenvalue weighted by Gasteiger charge is -2.04. The number of hydrogen-bond acceptors (Lipinski definition) is 3. The molecular weight excluding hydrogens is 315 g/mol. The minimum atomic E-state index is -0.0683. The van der Waals surface area contributed by atoms with Gasteiger partial charge in [0.1, 0.15) is 5.82 Å². The first-order valence-electron chi connectivity index (χ1n) is 5.93. The molecule has 0 aliphatic carbocycles. The Labute approximate surface area is 131 Å². The van der Waals surface area contributed by atoms with Crippen molar-refractivity contribution in [2.45, 2.75) is 11.3 Å². The Morgan fingerprint density at radius 2 is 1.80 bits per heavy atom. The van der Waals surface area contributed by atoms with E-state index in [1.54, 1.807) is 23.9 Å². The molecule has 0 unspecified atom stereocenters. The van der Waals surface area contributed by atoms with Crippen LogP contribution in [-0.4, -0.2) is 16.6 Å². The third-order valence-electron chi connectivity index (χ3n) is 2.41. The second-order valence-electron chi connectivity index (χ2n) is 3.96. The van der Waals surface area contributed by atoms with Crippen LogP contribution in [0.4, 0.5) is 5.82 Å². The maximum atomic E-state index is 11.7. The van der Waals surface area contributed by atoms with E-state index in [1.807, 2.05) is 24.3 Å². The van der Waals surface area contributed by atoms with Crippen molar-refractivity contribution in [3.05, 3.63) is 52.6 Å². The van der Waals surface area contributed by atoms with Crippen LogP contribution in [0.1, 0.15) is 6.42 Å². The van der Waals surface area contributed by atoms with Crippen molar-refractivity contribution in [3.63, 3.8) is 0 Å². The number of nitrogens with one attached hydrogen (secondary N) is 1. The Balaban J connectivity index is 1.75. The monoisotopic (exact) mass is 326 g/mol. The number of thioether (sulfide) groups is 1. The van der Waals surface area contributed by atoms with Gasteiger partial charge in [0.05, 0.1) is 5.02 Å². The van der Waals surface area contributed by atoms with Gasteiger partial charge in [-0.2, -0.15) is 0 Å². The molecule has 6 heteroatoms. The SMILES string of the molecule is O=C(CCSc1ccc(Cl)cc1)Nc1ccc(Cl)cn1. The fraction of sp³-hybridized carbons (Fsp3) is 0.143. The van der Waals surface area contributed by atoms with Gasteiger partial charge in [-0.25, -0.2) is 4.98 Å². The third-order valence-corrected chi connectivity index (χ3v) is 3.90. The van der Waals surface area contributed by atoms with Gasteiger partial charge in [0.2, 0.25) is 5.91 Å². The van der Waals surface area contributed by atoms with Crippen LogP contribution >= 0.6 is 35.0 Å². The summed E-state index contributed by atoms with van der Waals surface area (Å²) in [5.74, 6) is 1.14. The topological polar surface area (TPSA) is 42.0 Å². The number of amides is 1. The summed E-state index contributed by atoms with van der Waals surface area (Å²) in [5.41, 5.74) is 0. The van der Waals surface area contributed by atoms with E-state index in [0.717, 1.165) is 4.90 Å². The average molecular weight is 327 g/mol. The predicted octanol–water partition coefficient (Wildman–Crippen LogP) is 4.51. The fourth-order valence-corrected chi connectivity index (χ4v) is 2.54. The molecule has 1 aromatic heterocycles. The summed E-state index contributed by atoms with van der Waals surface area (Å²) in [6, 6.07) is 10.9. The third kappa shape index (κ3) is 5.04. The van der Waals surface area contributed by atoms with Crippen LogP contribution in [0, 0.1) is 0 Å². The molecular formula is C14H12Cl2N2OS. The second kappa shape index (κ2) is 7.53. The summed E-state index contributed by atoms with van der Waals surface area (Å²) < 4.78 is 0. The minimum Gasteiger partial charge on any atom is -0.311 e. The molecule has 3 nitrogen and oxygen atoms in total. The largest absolute Gasteiger partial charge is 0.311 e. The molecule has 0 atom stereocenters. The lowest BCUT2D eigenvalue weighted by Crippen LogP contribution is -2.13. The zero-order valence-corrected chi connectivity index (χ0v) is 12.8. The van der Waals surface area contributed by atoms with Crippen molar-refractivity contribution in [3.8, 4) is 0 Å². The van der Waals surface area contributed by atoms with E-state index in [2.05, 4.69) is 10.3 Å². The standard InChI is InChI=1S/C14H12Cl2N2OS/c15-10-1-4-12(5-2-10)20-8-7-14(19)18-13-6-3-11(16)9-17-13/h1-6,9H,7-8H2,(H,17,18,19). The molecule has 0 bridgehead atoms. The number of pyridine rings is 1. The highest BCUT2D eigenvalue weighted by molar-refractivity contribution is 7.99. The Bertz CT molecular complexity index is 573. The molecule has 0 aliphatic heterocycles. The van der Waals surface area contributed by atoms with Crippen LogP contribution in [0.2, 0.25) is 10.0 Å². The number of anilines is 1. The highest BCUT2D eigenvalue weighted by atomic mass is 35.5. The molecule has 1 amide bonds. The van der Waals surface area contributed by atoms with E-state index in [0.29, 0.717) is 28.0 Å². The maximum absolute atomic E-state index is 11.7. The minimum absolute atomic E-state index is 0.0683. The summed E-state index contributed by atoms with van der Waals surface area (Å²) in [5, 5.41) is 3.97. The number of hydrogen-bond donors (Lipinski definition) is 1. The zero-order valence-electron chi connectivity index (χ0n) is 10.5. The first kappa shape index (κ1) is 15.2. The smallest absolute Gasteiger partial charge is 0.226 e. The molecule has 0 fully saturated rings. The van der Waals surface area contributed by atoms with E-state index < -0.39 is 0 Å². The Hall–Kier alpha value is -1.23. The van der Waals surface area contributed by atoms with Crippen molar-refractivity contribution < 1.29 is 4.79 Å². The van der Waals surface area contributed by atoms with Gasteiger partial charge in [0.25, 0.3) is 0 Å². The number of carbonyl (C=O) groups excluding carboxylic acids is 1. The van der Waals surface area contributed by atoms with E-state index in [-0.39, 0.29) is 5.91 Å². The first-order chi connectivity index (χ1) is 9.63. The summed E-state index contributed by atoms with van der Waals surface area (Å²) in [4.78, 5) is 16.8. The van der Waals surface area contributed by atoms with Gasteiger partial charge in [-0.1, -0.05) is 23.2 Å². The summed E-state index contributed by atoms with van der Waals surface area (Å²) >= 11 is 13.1. The van der Waals surface area contributed by atoms with Crippen LogP contribution in [0.5, 0.6) is 0 Å². The molecule has 1 aromatic carbocycles. The van der Waals surface area contributed by atoms with Gasteiger partial charge < -0.3 is 5.32 Å². The van der Waals surface area contributed by atoms with E-state index in [1.165, 1.54) is 6.20 Å². The number of halogens is 2. The van der Waals surface area contributed by atoms with Gasteiger partial charge >= 0.3 is 0 Å². The van der Waals surface area contributed by atoms with Crippen molar-refractivity contribution >= 4 is 46.7 Å². The van der Waals surface area contributed by atoms with Gasteiger partial charge in [-0.15, -0.1) is 11.8 Å². The maximum Gasteiger partial charge on any atom is 0.226 e. The molecule has 1 N–H and O–H groups in total. The Morgan fingerprint density at radius 1 is 1.10 bits per heavy atom. The average Bonchev–Trinajstić information content (AvgIpc) is 2.44. The van der Waals surface area contributed by atoms with Crippen molar-refractivity contribution in [2.24, 2.45) is 0 Å². The van der Waals surface area contributed by atoms with Crippen LogP contribution in [-0.2, 0) is 4.79 Å². The fourth-order valence-electron chi connectivity index (χ4n) is 1.45. The van der Waals surface area contributed by atoms with Crippen molar-refractivity contribution in [1.82, 2.24) is 4.98 Å². The van der Waals surface area contributed by atoms with E-state index in [9.17, 15) is 4.79 Å². The molecule has 0 saturated carbocycles. The van der Waals surface area contributed by atoms with Crippen LogP contribution in [0.3, 0.4) is 0 Å². The normalized spacial score (nSPS) is 10.3. The number of rotatable bonds is 5. The number of nitrogens with zero attached hydrogens (tertiary/aromatic N) is 1. The Kier molecular flexibility index (Phi) is 5.71. The van der Waals surface area contributed by atoms with Gasteiger partial charge in [0.15, 0.2) is 0 Å². The Morgan fingerprint density at radius 3 is 2.45 bits per heavy atom. The highest BCUT2D eigenvalue weighted by Crippen LogP contribution is 2.21. The van der Waals surface area contributed by atoms with E-state index >= 15 is 0 Å². The predicted molar refractivity (Wildman–Crippen MR) is 84.7 cm³/mol. The first-order valence-corrected chi connectivity index (χ1v) is 7.67. The van der Waals surface area contributed by atoms with Crippen LogP contribution < -0.4 is 5.32 Å². The van der Waals surface area contributed by atoms with Gasteiger partial charge in [-0.05, 0) is 36.4 Å². The molecule has 0 aliphatic rings. The number of benzene rings is 1. The lowest BCUT2D eigenvalue weighted by molar-refractivity contribution is -0.115. The van der Waals surface area contributed by atoms with Crippen molar-refractivity contribution in [2.75, 3.05) is 11.1 Å². The summed E-state index contributed by atoms with van der Waals surface area (Å²) in [7, 11) is 0. The second-order valence-corrected chi connectivity index (χ2v) is 6.00. The molecule has 0 saturated heterocycles. The molecule has 0 radical (unpaired) electrons. The quantitative estimate of drug-likeness (QED) is 0.822. The molecule has 0 spiro atoms. The highest BCUT2D eigenvalue weighted by Gasteiger charge is 2.04. The van der Waals surface area contributed by atoms with Crippen LogP contribution in [0.25, 0.3) is 0 Å². The van der Waals surface area contributed by atoms with Crippen molar-refractivity contribution in [1.29, 1.82) is 0 Å².